The fourth-order valence-electron chi connectivity index (χ4n) is 4.39. The van der Waals surface area contributed by atoms with Crippen LogP contribution in [0, 0.1) is 5.82 Å². The van der Waals surface area contributed by atoms with E-state index in [0.29, 0.717) is 38.1 Å². The molecule has 0 amide bonds. The van der Waals surface area contributed by atoms with Gasteiger partial charge in [0.05, 0.1) is 30.8 Å². The van der Waals surface area contributed by atoms with Crippen LogP contribution in [0.1, 0.15) is 23.5 Å². The molecule has 2 N–H and O–H groups in total. The van der Waals surface area contributed by atoms with Crippen molar-refractivity contribution in [3.63, 3.8) is 0 Å². The molecule has 196 valence electrons. The van der Waals surface area contributed by atoms with Crippen LogP contribution in [0.25, 0.3) is 11.3 Å². The second-order valence-corrected chi connectivity index (χ2v) is 11.6. The molecule has 3 heterocycles. The summed E-state index contributed by atoms with van der Waals surface area (Å²) >= 11 is 9.16. The molecule has 38 heavy (non-hydrogen) atoms. The number of sulfonamides is 1. The lowest BCUT2D eigenvalue weighted by atomic mass is 10.0. The van der Waals surface area contributed by atoms with E-state index in [0.717, 1.165) is 11.9 Å². The summed E-state index contributed by atoms with van der Waals surface area (Å²) in [6.07, 6.45) is 2.77. The maximum atomic E-state index is 13.7. The van der Waals surface area contributed by atoms with Gasteiger partial charge in [-0.25, -0.2) is 12.8 Å². The molecule has 0 spiro atoms. The van der Waals surface area contributed by atoms with Gasteiger partial charge in [0.1, 0.15) is 29.1 Å². The first kappa shape index (κ1) is 26.1. The first-order chi connectivity index (χ1) is 18.1. The summed E-state index contributed by atoms with van der Waals surface area (Å²) in [4.78, 5) is 6.38. The van der Waals surface area contributed by atoms with E-state index in [-0.39, 0.29) is 17.5 Å². The van der Waals surface area contributed by atoms with Gasteiger partial charge in [0.2, 0.25) is 10.0 Å². The number of rotatable bonds is 7. The molecular formula is C26H22BrFN4O4S2. The first-order valence-electron chi connectivity index (χ1n) is 11.4. The van der Waals surface area contributed by atoms with Gasteiger partial charge in [-0.05, 0) is 88.8 Å². The molecule has 2 aromatic carbocycles. The highest BCUT2D eigenvalue weighted by atomic mass is 79.9. The topological polar surface area (TPSA) is 96.7 Å². The summed E-state index contributed by atoms with van der Waals surface area (Å²) in [5.41, 5.74) is 2.31. The monoisotopic (exact) mass is 616 g/mol. The fourth-order valence-corrected chi connectivity index (χ4v) is 5.84. The van der Waals surface area contributed by atoms with Gasteiger partial charge in [0.25, 0.3) is 0 Å². The standard InChI is InChI=1S/C26H22BrFN4O4S2/c1-35-22-9-7-16(14-20(22)31-38(2,33)34)32-25(24(30-26(32)37)19-5-3-4-12-29-19)23-11-10-21(36-23)17-8-6-15(28)13-18(17)27/h3-14,24-25,31H,1-2H3,(H,30,37)/t24-,25-/m1/s1. The largest absolute Gasteiger partial charge is 0.495 e. The number of thiocarbonyl (C=S) groups is 1. The molecular weight excluding hydrogens is 595 g/mol. The molecule has 2 aromatic heterocycles. The van der Waals surface area contributed by atoms with E-state index in [2.05, 4.69) is 31.0 Å². The highest BCUT2D eigenvalue weighted by Crippen LogP contribution is 2.44. The summed E-state index contributed by atoms with van der Waals surface area (Å²) in [5, 5.41) is 3.74. The number of nitrogens with one attached hydrogen (secondary N) is 2. The third kappa shape index (κ3) is 5.24. The average molecular weight is 618 g/mol. The molecule has 0 radical (unpaired) electrons. The summed E-state index contributed by atoms with van der Waals surface area (Å²) < 4.78 is 52.4. The molecule has 0 aliphatic carbocycles. The lowest BCUT2D eigenvalue weighted by Gasteiger charge is -2.27. The maximum absolute atomic E-state index is 13.7. The number of hydrogen-bond donors (Lipinski definition) is 2. The van der Waals surface area contributed by atoms with Gasteiger partial charge in [-0.15, -0.1) is 0 Å². The number of nitrogens with zero attached hydrogens (tertiary/aromatic N) is 2. The minimum Gasteiger partial charge on any atom is -0.495 e. The highest BCUT2D eigenvalue weighted by molar-refractivity contribution is 9.10. The SMILES string of the molecule is COc1ccc(N2C(=S)N[C@H](c3ccccn3)[C@H]2c2ccc(-c3ccc(F)cc3Br)o2)cc1NS(C)(=O)=O. The van der Waals surface area contributed by atoms with Gasteiger partial charge in [0, 0.05) is 21.9 Å². The second kappa shape index (κ2) is 10.4. The summed E-state index contributed by atoms with van der Waals surface area (Å²) in [6, 6.07) is 17.9. The predicted molar refractivity (Wildman–Crippen MR) is 151 cm³/mol. The second-order valence-electron chi connectivity index (χ2n) is 8.58. The Morgan fingerprint density at radius 1 is 1.16 bits per heavy atom. The molecule has 0 unspecified atom stereocenters. The number of anilines is 2. The maximum Gasteiger partial charge on any atom is 0.229 e. The average Bonchev–Trinajstić information content (AvgIpc) is 3.48. The highest BCUT2D eigenvalue weighted by Gasteiger charge is 2.43. The molecule has 0 bridgehead atoms. The van der Waals surface area contributed by atoms with Crippen molar-refractivity contribution in [2.75, 3.05) is 23.0 Å². The molecule has 1 saturated heterocycles. The van der Waals surface area contributed by atoms with E-state index in [4.69, 9.17) is 21.4 Å². The Kier molecular flexibility index (Phi) is 7.12. The summed E-state index contributed by atoms with van der Waals surface area (Å²) in [6.45, 7) is 0. The minimum absolute atomic E-state index is 0.269. The van der Waals surface area contributed by atoms with Gasteiger partial charge in [0.15, 0.2) is 5.11 Å². The Hall–Kier alpha value is -3.48. The van der Waals surface area contributed by atoms with Crippen molar-refractivity contribution >= 4 is 54.7 Å². The van der Waals surface area contributed by atoms with Crippen molar-refractivity contribution in [3.05, 3.63) is 94.7 Å². The van der Waals surface area contributed by atoms with Crippen LogP contribution in [0.2, 0.25) is 0 Å². The van der Waals surface area contributed by atoms with Crippen molar-refractivity contribution in [2.24, 2.45) is 0 Å². The van der Waals surface area contributed by atoms with E-state index in [9.17, 15) is 12.8 Å². The van der Waals surface area contributed by atoms with Crippen molar-refractivity contribution in [1.82, 2.24) is 10.3 Å². The number of pyridine rings is 1. The Balaban J connectivity index is 1.62. The fraction of sp³-hybridized carbons (Fsp3) is 0.154. The first-order valence-corrected chi connectivity index (χ1v) is 14.5. The molecule has 5 rings (SSSR count). The summed E-state index contributed by atoms with van der Waals surface area (Å²) in [5.74, 6) is 1.11. The number of methoxy groups -OCH3 is 1. The van der Waals surface area contributed by atoms with Gasteiger partial charge in [-0.1, -0.05) is 6.07 Å². The van der Waals surface area contributed by atoms with E-state index >= 15 is 0 Å². The normalized spacial score (nSPS) is 17.4. The van der Waals surface area contributed by atoms with Crippen LogP contribution in [-0.2, 0) is 10.0 Å². The van der Waals surface area contributed by atoms with Crippen molar-refractivity contribution in [1.29, 1.82) is 0 Å². The van der Waals surface area contributed by atoms with Crippen molar-refractivity contribution < 1.29 is 22.0 Å². The zero-order chi connectivity index (χ0) is 27.0. The number of furan rings is 1. The smallest absolute Gasteiger partial charge is 0.229 e. The molecule has 0 saturated carbocycles. The predicted octanol–water partition coefficient (Wildman–Crippen LogP) is 5.80. The number of aromatic nitrogens is 1. The van der Waals surface area contributed by atoms with Crippen LogP contribution in [0.4, 0.5) is 15.8 Å². The van der Waals surface area contributed by atoms with Crippen LogP contribution in [0.3, 0.4) is 0 Å². The third-order valence-corrected chi connectivity index (χ3v) is 7.53. The van der Waals surface area contributed by atoms with Gasteiger partial charge in [-0.2, -0.15) is 0 Å². The molecule has 1 aliphatic rings. The van der Waals surface area contributed by atoms with Crippen LogP contribution in [0.5, 0.6) is 5.75 Å². The van der Waals surface area contributed by atoms with Gasteiger partial charge < -0.3 is 19.4 Å². The number of benzene rings is 2. The summed E-state index contributed by atoms with van der Waals surface area (Å²) in [7, 11) is -2.11. The van der Waals surface area contributed by atoms with E-state index in [1.54, 1.807) is 30.5 Å². The molecule has 4 aromatic rings. The molecule has 12 heteroatoms. The Labute approximate surface area is 233 Å². The Morgan fingerprint density at radius 3 is 2.66 bits per heavy atom. The van der Waals surface area contributed by atoms with Crippen LogP contribution in [-0.4, -0.2) is 31.9 Å². The quantitative estimate of drug-likeness (QED) is 0.251. The van der Waals surface area contributed by atoms with E-state index in [1.807, 2.05) is 35.2 Å². The van der Waals surface area contributed by atoms with Crippen molar-refractivity contribution in [3.8, 4) is 17.1 Å². The molecule has 1 fully saturated rings. The van der Waals surface area contributed by atoms with Crippen molar-refractivity contribution in [2.45, 2.75) is 12.1 Å². The molecule has 2 atom stereocenters. The van der Waals surface area contributed by atoms with Crippen LogP contribution >= 0.6 is 28.1 Å². The lowest BCUT2D eigenvalue weighted by Crippen LogP contribution is -2.29. The van der Waals surface area contributed by atoms with Crippen LogP contribution < -0.4 is 19.7 Å². The van der Waals surface area contributed by atoms with Crippen LogP contribution in [0.15, 0.2) is 81.8 Å². The zero-order valence-corrected chi connectivity index (χ0v) is 23.4. The molecule has 1 aliphatic heterocycles. The lowest BCUT2D eigenvalue weighted by molar-refractivity contribution is 0.416. The number of ether oxygens (including phenoxy) is 1. The minimum atomic E-state index is -3.57. The van der Waals surface area contributed by atoms with Gasteiger partial charge >= 0.3 is 0 Å². The number of halogens is 2. The van der Waals surface area contributed by atoms with Gasteiger partial charge in [-0.3, -0.25) is 9.71 Å². The molecule has 8 nitrogen and oxygen atoms in total. The zero-order valence-electron chi connectivity index (χ0n) is 20.2. The Morgan fingerprint density at radius 2 is 1.97 bits per heavy atom. The number of hydrogen-bond acceptors (Lipinski definition) is 6. The Bertz CT molecular complexity index is 1610. The van der Waals surface area contributed by atoms with E-state index in [1.165, 1.54) is 19.2 Å². The van der Waals surface area contributed by atoms with E-state index < -0.39 is 16.1 Å². The third-order valence-electron chi connectivity index (χ3n) is 5.97.